The molecule has 1 fully saturated rings. The lowest BCUT2D eigenvalue weighted by molar-refractivity contribution is 0.516. The van der Waals surface area contributed by atoms with Gasteiger partial charge in [-0.3, -0.25) is 0 Å². The van der Waals surface area contributed by atoms with Crippen molar-refractivity contribution in [3.8, 4) is 0 Å². The summed E-state index contributed by atoms with van der Waals surface area (Å²) in [5.74, 6) is 1.83. The summed E-state index contributed by atoms with van der Waals surface area (Å²) in [6.07, 6.45) is 9.10. The molecule has 1 N–H and O–H groups in total. The molecule has 0 unspecified atom stereocenters. The molecule has 15 heavy (non-hydrogen) atoms. The lowest BCUT2D eigenvalue weighted by atomic mass is 10.0. The summed E-state index contributed by atoms with van der Waals surface area (Å²) in [6.45, 7) is 5.56. The van der Waals surface area contributed by atoms with Crippen LogP contribution in [0.2, 0.25) is 0 Å². The van der Waals surface area contributed by atoms with Crippen LogP contribution in [0.1, 0.15) is 45.6 Å². The molecule has 1 aromatic rings. The van der Waals surface area contributed by atoms with E-state index in [2.05, 4.69) is 34.9 Å². The zero-order valence-corrected chi connectivity index (χ0v) is 9.74. The van der Waals surface area contributed by atoms with Gasteiger partial charge >= 0.3 is 0 Å². The van der Waals surface area contributed by atoms with Crippen molar-refractivity contribution in [2.24, 2.45) is 5.92 Å². The number of nitrogens with one attached hydrogen (secondary N) is 1. The summed E-state index contributed by atoms with van der Waals surface area (Å²) < 4.78 is 2.28. The molecule has 3 nitrogen and oxygen atoms in total. The van der Waals surface area contributed by atoms with Gasteiger partial charge in [0, 0.05) is 25.0 Å². The zero-order valence-electron chi connectivity index (χ0n) is 9.74. The Kier molecular flexibility index (Phi) is 3.29. The van der Waals surface area contributed by atoms with Crippen LogP contribution in [0, 0.1) is 5.92 Å². The summed E-state index contributed by atoms with van der Waals surface area (Å²) >= 11 is 0. The third kappa shape index (κ3) is 2.52. The first-order chi connectivity index (χ1) is 7.35. The minimum absolute atomic E-state index is 0.719. The predicted molar refractivity (Wildman–Crippen MR) is 63.1 cm³/mol. The van der Waals surface area contributed by atoms with E-state index in [0.717, 1.165) is 24.5 Å². The molecule has 1 saturated carbocycles. The largest absolute Gasteiger partial charge is 0.355 e. The average molecular weight is 207 g/mol. The molecule has 1 aromatic heterocycles. The van der Waals surface area contributed by atoms with Gasteiger partial charge < -0.3 is 9.88 Å². The maximum Gasteiger partial charge on any atom is 0.203 e. The van der Waals surface area contributed by atoms with Crippen LogP contribution in [0.3, 0.4) is 0 Å². The van der Waals surface area contributed by atoms with E-state index in [4.69, 9.17) is 0 Å². The second kappa shape index (κ2) is 4.69. The van der Waals surface area contributed by atoms with Gasteiger partial charge in [-0.25, -0.2) is 4.98 Å². The van der Waals surface area contributed by atoms with Gasteiger partial charge in [0.2, 0.25) is 5.95 Å². The zero-order chi connectivity index (χ0) is 10.7. The van der Waals surface area contributed by atoms with Crippen LogP contribution in [-0.2, 0) is 0 Å². The van der Waals surface area contributed by atoms with Crippen molar-refractivity contribution < 1.29 is 0 Å². The Morgan fingerprint density at radius 1 is 1.47 bits per heavy atom. The molecular formula is C12H21N3. The fourth-order valence-corrected chi connectivity index (χ4v) is 1.91. The number of hydrogen-bond donors (Lipinski definition) is 1. The summed E-state index contributed by atoms with van der Waals surface area (Å²) in [5.41, 5.74) is 0. The molecule has 1 aliphatic rings. The number of aromatic nitrogens is 2. The number of nitrogens with zero attached hydrogens (tertiary/aromatic N) is 2. The van der Waals surface area contributed by atoms with Crippen molar-refractivity contribution in [3.63, 3.8) is 0 Å². The first kappa shape index (κ1) is 10.5. The van der Waals surface area contributed by atoms with E-state index in [0.29, 0.717) is 0 Å². The number of imidazole rings is 1. The number of anilines is 1. The average Bonchev–Trinajstić information content (AvgIpc) is 3.00. The van der Waals surface area contributed by atoms with Crippen LogP contribution in [0.15, 0.2) is 12.4 Å². The van der Waals surface area contributed by atoms with Crippen LogP contribution in [-0.4, -0.2) is 16.1 Å². The SMILES string of the molecule is CCC(CC)CNc1nccn1C1CC1. The Bertz CT molecular complexity index is 298. The fraction of sp³-hybridized carbons (Fsp3) is 0.750. The highest BCUT2D eigenvalue weighted by molar-refractivity contribution is 5.27. The lowest BCUT2D eigenvalue weighted by Gasteiger charge is -2.14. The van der Waals surface area contributed by atoms with E-state index >= 15 is 0 Å². The summed E-state index contributed by atoms with van der Waals surface area (Å²) in [4.78, 5) is 4.37. The van der Waals surface area contributed by atoms with E-state index in [1.807, 2.05) is 6.20 Å². The lowest BCUT2D eigenvalue weighted by Crippen LogP contribution is -2.15. The highest BCUT2D eigenvalue weighted by Crippen LogP contribution is 2.36. The van der Waals surface area contributed by atoms with Crippen LogP contribution < -0.4 is 5.32 Å². The standard InChI is InChI=1S/C12H21N3/c1-3-10(4-2)9-14-12-13-7-8-15(12)11-5-6-11/h7-8,10-11H,3-6,9H2,1-2H3,(H,13,14). The summed E-state index contributed by atoms with van der Waals surface area (Å²) in [7, 11) is 0. The normalized spacial score (nSPS) is 15.9. The Hall–Kier alpha value is -0.990. The van der Waals surface area contributed by atoms with E-state index in [-0.39, 0.29) is 0 Å². The monoisotopic (exact) mass is 207 g/mol. The number of rotatable bonds is 6. The highest BCUT2D eigenvalue weighted by Gasteiger charge is 2.25. The van der Waals surface area contributed by atoms with Crippen molar-refractivity contribution in [2.45, 2.75) is 45.6 Å². The van der Waals surface area contributed by atoms with Crippen LogP contribution >= 0.6 is 0 Å². The fourth-order valence-electron chi connectivity index (χ4n) is 1.91. The van der Waals surface area contributed by atoms with E-state index in [9.17, 15) is 0 Å². The van der Waals surface area contributed by atoms with Crippen molar-refractivity contribution >= 4 is 5.95 Å². The Balaban J connectivity index is 1.89. The molecule has 0 spiro atoms. The number of hydrogen-bond acceptors (Lipinski definition) is 2. The van der Waals surface area contributed by atoms with Crippen molar-refractivity contribution in [1.29, 1.82) is 0 Å². The van der Waals surface area contributed by atoms with Gasteiger partial charge in [-0.15, -0.1) is 0 Å². The molecule has 0 aliphatic heterocycles. The molecule has 1 heterocycles. The second-order valence-electron chi connectivity index (χ2n) is 4.45. The van der Waals surface area contributed by atoms with Gasteiger partial charge in [0.1, 0.15) is 0 Å². The molecule has 3 heteroatoms. The van der Waals surface area contributed by atoms with E-state index < -0.39 is 0 Å². The maximum atomic E-state index is 4.37. The van der Waals surface area contributed by atoms with E-state index in [1.165, 1.54) is 25.7 Å². The molecule has 0 saturated heterocycles. The van der Waals surface area contributed by atoms with Gasteiger partial charge in [-0.1, -0.05) is 26.7 Å². The molecule has 1 aliphatic carbocycles. The molecule has 0 aromatic carbocycles. The molecule has 84 valence electrons. The molecule has 0 amide bonds. The molecular weight excluding hydrogens is 186 g/mol. The molecule has 2 rings (SSSR count). The minimum atomic E-state index is 0.719. The van der Waals surface area contributed by atoms with Crippen LogP contribution in [0.25, 0.3) is 0 Å². The first-order valence-corrected chi connectivity index (χ1v) is 6.11. The molecule has 0 radical (unpaired) electrons. The maximum absolute atomic E-state index is 4.37. The van der Waals surface area contributed by atoms with Crippen LogP contribution in [0.5, 0.6) is 0 Å². The third-order valence-corrected chi connectivity index (χ3v) is 3.31. The third-order valence-electron chi connectivity index (χ3n) is 3.31. The van der Waals surface area contributed by atoms with Crippen molar-refractivity contribution in [1.82, 2.24) is 9.55 Å². The van der Waals surface area contributed by atoms with Gasteiger partial charge in [-0.2, -0.15) is 0 Å². The highest BCUT2D eigenvalue weighted by atomic mass is 15.2. The minimum Gasteiger partial charge on any atom is -0.355 e. The summed E-state index contributed by atoms with van der Waals surface area (Å²) in [5, 5.41) is 3.47. The predicted octanol–water partition coefficient (Wildman–Crippen LogP) is 3.07. The topological polar surface area (TPSA) is 29.9 Å². The quantitative estimate of drug-likeness (QED) is 0.777. The Labute approximate surface area is 91.9 Å². The Morgan fingerprint density at radius 3 is 2.80 bits per heavy atom. The Morgan fingerprint density at radius 2 is 2.20 bits per heavy atom. The molecule has 0 atom stereocenters. The van der Waals surface area contributed by atoms with Gasteiger partial charge in [0.15, 0.2) is 0 Å². The van der Waals surface area contributed by atoms with Crippen molar-refractivity contribution in [2.75, 3.05) is 11.9 Å². The summed E-state index contributed by atoms with van der Waals surface area (Å²) in [6, 6.07) is 0.719. The van der Waals surface area contributed by atoms with Gasteiger partial charge in [0.25, 0.3) is 0 Å². The molecule has 0 bridgehead atoms. The van der Waals surface area contributed by atoms with Gasteiger partial charge in [-0.05, 0) is 18.8 Å². The van der Waals surface area contributed by atoms with Gasteiger partial charge in [0.05, 0.1) is 0 Å². The smallest absolute Gasteiger partial charge is 0.203 e. The van der Waals surface area contributed by atoms with Crippen LogP contribution in [0.4, 0.5) is 5.95 Å². The van der Waals surface area contributed by atoms with Crippen molar-refractivity contribution in [3.05, 3.63) is 12.4 Å². The van der Waals surface area contributed by atoms with E-state index in [1.54, 1.807) is 0 Å². The second-order valence-corrected chi connectivity index (χ2v) is 4.45. The first-order valence-electron chi connectivity index (χ1n) is 6.11.